The molecular formula is C23H20ClN5O3. The fourth-order valence-electron chi connectivity index (χ4n) is 2.75. The topological polar surface area (TPSA) is 91.2 Å². The Morgan fingerprint density at radius 3 is 2.31 bits per heavy atom. The summed E-state index contributed by atoms with van der Waals surface area (Å²) in [6.07, 6.45) is 3.44. The highest BCUT2D eigenvalue weighted by Gasteiger charge is 2.30. The van der Waals surface area contributed by atoms with Crippen molar-refractivity contribution in [1.82, 2.24) is 20.0 Å². The van der Waals surface area contributed by atoms with E-state index in [4.69, 9.17) is 21.1 Å². The van der Waals surface area contributed by atoms with Gasteiger partial charge in [0.15, 0.2) is 11.4 Å². The van der Waals surface area contributed by atoms with Crippen LogP contribution in [0.25, 0.3) is 5.82 Å². The molecule has 9 heteroatoms. The molecule has 4 aromatic rings. The number of amides is 1. The van der Waals surface area contributed by atoms with E-state index < -0.39 is 5.60 Å². The molecule has 0 unspecified atom stereocenters. The molecule has 0 aliphatic rings. The average Bonchev–Trinajstić information content (AvgIpc) is 3.32. The Labute approximate surface area is 189 Å². The number of ether oxygens (including phenoxy) is 2. The lowest BCUT2D eigenvalue weighted by molar-refractivity contribution is -0.128. The van der Waals surface area contributed by atoms with Gasteiger partial charge in [-0.2, -0.15) is 5.10 Å². The van der Waals surface area contributed by atoms with Crippen molar-refractivity contribution in [2.24, 2.45) is 0 Å². The van der Waals surface area contributed by atoms with Crippen LogP contribution in [0.4, 0.5) is 5.69 Å². The molecule has 0 aliphatic carbocycles. The van der Waals surface area contributed by atoms with Crippen molar-refractivity contribution in [2.45, 2.75) is 19.4 Å². The largest absolute Gasteiger partial charge is 0.478 e. The molecule has 0 fully saturated rings. The van der Waals surface area contributed by atoms with Crippen LogP contribution >= 0.6 is 11.6 Å². The summed E-state index contributed by atoms with van der Waals surface area (Å²) in [5.74, 6) is 1.75. The van der Waals surface area contributed by atoms with Crippen LogP contribution in [0.1, 0.15) is 13.8 Å². The second kappa shape index (κ2) is 9.07. The third kappa shape index (κ3) is 5.22. The Bertz CT molecular complexity index is 1180. The molecule has 0 saturated heterocycles. The van der Waals surface area contributed by atoms with E-state index in [-0.39, 0.29) is 5.91 Å². The van der Waals surface area contributed by atoms with Gasteiger partial charge in [-0.1, -0.05) is 11.6 Å². The molecule has 32 heavy (non-hydrogen) atoms. The number of anilines is 1. The molecule has 162 valence electrons. The molecule has 2 aromatic carbocycles. The van der Waals surface area contributed by atoms with Gasteiger partial charge in [-0.05, 0) is 74.5 Å². The smallest absolute Gasteiger partial charge is 0.267 e. The molecule has 1 amide bonds. The molecule has 0 bridgehead atoms. The summed E-state index contributed by atoms with van der Waals surface area (Å²) in [5, 5.41) is 15.7. The molecule has 8 nitrogen and oxygen atoms in total. The number of nitrogens with one attached hydrogen (secondary N) is 1. The number of aromatic nitrogens is 4. The van der Waals surface area contributed by atoms with Crippen LogP contribution in [0.5, 0.6) is 17.4 Å². The highest BCUT2D eigenvalue weighted by Crippen LogP contribution is 2.24. The quantitative estimate of drug-likeness (QED) is 0.431. The lowest BCUT2D eigenvalue weighted by atomic mass is 10.1. The molecular weight excluding hydrogens is 430 g/mol. The standard InChI is InChI=1S/C23H20ClN5O3/c1-23(2,32-19-8-4-16(24)5-9-19)22(30)26-17-6-10-18(11-7-17)31-21-13-12-20(27-28-21)29-15-3-14-25-29/h3-15H,1-2H3,(H,26,30). The number of benzene rings is 2. The number of rotatable bonds is 7. The van der Waals surface area contributed by atoms with Gasteiger partial charge in [0, 0.05) is 29.2 Å². The first-order chi connectivity index (χ1) is 15.4. The maximum atomic E-state index is 12.7. The zero-order valence-corrected chi connectivity index (χ0v) is 18.2. The lowest BCUT2D eigenvalue weighted by Crippen LogP contribution is -2.42. The van der Waals surface area contributed by atoms with E-state index in [2.05, 4.69) is 20.6 Å². The summed E-state index contributed by atoms with van der Waals surface area (Å²) in [6.45, 7) is 3.39. The molecule has 0 radical (unpaired) electrons. The van der Waals surface area contributed by atoms with E-state index >= 15 is 0 Å². The van der Waals surface area contributed by atoms with E-state index in [1.54, 1.807) is 97.7 Å². The predicted octanol–water partition coefficient (Wildman–Crippen LogP) is 4.90. The molecule has 2 heterocycles. The lowest BCUT2D eigenvalue weighted by Gasteiger charge is -2.25. The van der Waals surface area contributed by atoms with E-state index in [9.17, 15) is 4.79 Å². The van der Waals surface area contributed by atoms with E-state index in [1.807, 2.05) is 0 Å². The number of carbonyl (C=O) groups is 1. The summed E-state index contributed by atoms with van der Waals surface area (Å²) in [4.78, 5) is 12.7. The minimum absolute atomic E-state index is 0.291. The molecule has 0 saturated carbocycles. The Morgan fingerprint density at radius 1 is 0.969 bits per heavy atom. The van der Waals surface area contributed by atoms with Crippen LogP contribution in [0, 0.1) is 0 Å². The summed E-state index contributed by atoms with van der Waals surface area (Å²) in [5.41, 5.74) is -0.482. The van der Waals surface area contributed by atoms with Gasteiger partial charge in [-0.15, -0.1) is 10.2 Å². The number of nitrogens with zero attached hydrogens (tertiary/aromatic N) is 4. The van der Waals surface area contributed by atoms with Crippen molar-refractivity contribution in [3.8, 4) is 23.2 Å². The van der Waals surface area contributed by atoms with E-state index in [0.29, 0.717) is 33.9 Å². The van der Waals surface area contributed by atoms with Gasteiger partial charge in [-0.3, -0.25) is 4.79 Å². The van der Waals surface area contributed by atoms with Crippen molar-refractivity contribution in [3.63, 3.8) is 0 Å². The van der Waals surface area contributed by atoms with Crippen LogP contribution in [0.3, 0.4) is 0 Å². The molecule has 4 rings (SSSR count). The predicted molar refractivity (Wildman–Crippen MR) is 120 cm³/mol. The van der Waals surface area contributed by atoms with Gasteiger partial charge in [0.2, 0.25) is 5.88 Å². The van der Waals surface area contributed by atoms with Gasteiger partial charge in [0.25, 0.3) is 5.91 Å². The molecule has 2 aromatic heterocycles. The second-order valence-corrected chi connectivity index (χ2v) is 7.76. The summed E-state index contributed by atoms with van der Waals surface area (Å²) in [7, 11) is 0. The van der Waals surface area contributed by atoms with Gasteiger partial charge in [0.1, 0.15) is 11.5 Å². The molecule has 0 atom stereocenters. The SMILES string of the molecule is CC(C)(Oc1ccc(Cl)cc1)C(=O)Nc1ccc(Oc2ccc(-n3cccn3)nn2)cc1. The van der Waals surface area contributed by atoms with Crippen molar-refractivity contribution < 1.29 is 14.3 Å². The third-order valence-corrected chi connectivity index (χ3v) is 4.69. The first kappa shape index (κ1) is 21.3. The minimum Gasteiger partial charge on any atom is -0.478 e. The Balaban J connectivity index is 1.35. The Morgan fingerprint density at radius 2 is 1.69 bits per heavy atom. The zero-order valence-electron chi connectivity index (χ0n) is 17.4. The molecule has 1 N–H and O–H groups in total. The highest BCUT2D eigenvalue weighted by molar-refractivity contribution is 6.30. The third-order valence-electron chi connectivity index (χ3n) is 4.43. The molecule has 0 aliphatic heterocycles. The summed E-state index contributed by atoms with van der Waals surface area (Å²) < 4.78 is 13.1. The zero-order chi connectivity index (χ0) is 22.6. The van der Waals surface area contributed by atoms with Crippen molar-refractivity contribution in [1.29, 1.82) is 0 Å². The molecule has 0 spiro atoms. The second-order valence-electron chi connectivity index (χ2n) is 7.33. The maximum Gasteiger partial charge on any atom is 0.267 e. The van der Waals surface area contributed by atoms with Crippen LogP contribution < -0.4 is 14.8 Å². The first-order valence-electron chi connectivity index (χ1n) is 9.77. The first-order valence-corrected chi connectivity index (χ1v) is 10.1. The van der Waals surface area contributed by atoms with Crippen LogP contribution in [0.15, 0.2) is 79.1 Å². The Hall–Kier alpha value is -3.91. The van der Waals surface area contributed by atoms with Crippen molar-refractivity contribution >= 4 is 23.2 Å². The minimum atomic E-state index is -1.09. The Kier molecular flexibility index (Phi) is 6.04. The van der Waals surface area contributed by atoms with Crippen LogP contribution in [-0.2, 0) is 4.79 Å². The van der Waals surface area contributed by atoms with Crippen LogP contribution in [0.2, 0.25) is 5.02 Å². The number of hydrogen-bond donors (Lipinski definition) is 1. The number of hydrogen-bond acceptors (Lipinski definition) is 6. The van der Waals surface area contributed by atoms with Gasteiger partial charge < -0.3 is 14.8 Å². The van der Waals surface area contributed by atoms with Gasteiger partial charge in [-0.25, -0.2) is 4.68 Å². The van der Waals surface area contributed by atoms with Gasteiger partial charge in [0.05, 0.1) is 0 Å². The van der Waals surface area contributed by atoms with Crippen molar-refractivity contribution in [3.05, 3.63) is 84.1 Å². The number of carbonyl (C=O) groups excluding carboxylic acids is 1. The highest BCUT2D eigenvalue weighted by atomic mass is 35.5. The maximum absolute atomic E-state index is 12.7. The van der Waals surface area contributed by atoms with Gasteiger partial charge >= 0.3 is 0 Å². The summed E-state index contributed by atoms with van der Waals surface area (Å²) in [6, 6.07) is 19.0. The van der Waals surface area contributed by atoms with E-state index in [1.165, 1.54) is 0 Å². The fraction of sp³-hybridized carbons (Fsp3) is 0.130. The monoisotopic (exact) mass is 449 g/mol. The van der Waals surface area contributed by atoms with Crippen LogP contribution in [-0.4, -0.2) is 31.5 Å². The number of halogens is 1. The normalized spacial score (nSPS) is 11.1. The average molecular weight is 450 g/mol. The summed E-state index contributed by atoms with van der Waals surface area (Å²) >= 11 is 5.89. The van der Waals surface area contributed by atoms with E-state index in [0.717, 1.165) is 0 Å². The van der Waals surface area contributed by atoms with Crippen molar-refractivity contribution in [2.75, 3.05) is 5.32 Å². The fourth-order valence-corrected chi connectivity index (χ4v) is 2.87.